The molecule has 0 aliphatic rings. The van der Waals surface area contributed by atoms with Crippen molar-refractivity contribution in [3.05, 3.63) is 65.2 Å². The first-order valence-corrected chi connectivity index (χ1v) is 8.61. The highest BCUT2D eigenvalue weighted by molar-refractivity contribution is 5.91. The van der Waals surface area contributed by atoms with Crippen molar-refractivity contribution in [1.82, 2.24) is 4.90 Å². The van der Waals surface area contributed by atoms with Crippen molar-refractivity contribution in [2.45, 2.75) is 46.7 Å². The minimum absolute atomic E-state index is 0.0717. The van der Waals surface area contributed by atoms with Crippen LogP contribution < -0.4 is 5.32 Å². The number of aryl methyl sites for hydroxylation is 2. The molecule has 1 N–H and O–H groups in total. The van der Waals surface area contributed by atoms with E-state index < -0.39 is 0 Å². The monoisotopic (exact) mass is 324 g/mol. The molecule has 0 bridgehead atoms. The lowest BCUT2D eigenvalue weighted by Crippen LogP contribution is -2.33. The van der Waals surface area contributed by atoms with Crippen LogP contribution in [0.5, 0.6) is 0 Å². The highest BCUT2D eigenvalue weighted by atomic mass is 16.1. The highest BCUT2D eigenvalue weighted by Gasteiger charge is 2.13. The van der Waals surface area contributed by atoms with Crippen molar-refractivity contribution in [1.29, 1.82) is 0 Å². The van der Waals surface area contributed by atoms with Gasteiger partial charge in [0, 0.05) is 31.2 Å². The first kappa shape index (κ1) is 18.2. The maximum absolute atomic E-state index is 12.3. The Morgan fingerprint density at radius 1 is 1.08 bits per heavy atom. The number of anilines is 1. The Bertz CT molecular complexity index is 665. The summed E-state index contributed by atoms with van der Waals surface area (Å²) in [5.41, 5.74) is 4.45. The second kappa shape index (κ2) is 8.65. The van der Waals surface area contributed by atoms with Gasteiger partial charge in [-0.2, -0.15) is 0 Å². The van der Waals surface area contributed by atoms with Gasteiger partial charge in [-0.3, -0.25) is 9.69 Å². The van der Waals surface area contributed by atoms with Crippen molar-refractivity contribution < 1.29 is 4.79 Å². The van der Waals surface area contributed by atoms with Crippen LogP contribution >= 0.6 is 0 Å². The molecule has 0 aliphatic heterocycles. The van der Waals surface area contributed by atoms with E-state index in [1.54, 1.807) is 0 Å². The summed E-state index contributed by atoms with van der Waals surface area (Å²) in [7, 11) is 0. The fraction of sp³-hybridized carbons (Fsp3) is 0.381. The van der Waals surface area contributed by atoms with Crippen LogP contribution in [0.3, 0.4) is 0 Å². The van der Waals surface area contributed by atoms with Crippen LogP contribution in [0.4, 0.5) is 5.69 Å². The van der Waals surface area contributed by atoms with E-state index in [-0.39, 0.29) is 5.91 Å². The van der Waals surface area contributed by atoms with Gasteiger partial charge < -0.3 is 5.32 Å². The molecule has 0 heterocycles. The third-order valence-electron chi connectivity index (χ3n) is 4.25. The van der Waals surface area contributed by atoms with Gasteiger partial charge in [0.15, 0.2) is 0 Å². The van der Waals surface area contributed by atoms with Crippen molar-refractivity contribution in [3.8, 4) is 0 Å². The predicted octanol–water partition coefficient (Wildman–Crippen LogP) is 4.54. The number of nitrogens with zero attached hydrogens (tertiary/aromatic N) is 1. The molecule has 128 valence electrons. The van der Waals surface area contributed by atoms with E-state index in [1.807, 2.05) is 32.0 Å². The van der Waals surface area contributed by atoms with Gasteiger partial charge in [-0.15, -0.1) is 0 Å². The summed E-state index contributed by atoms with van der Waals surface area (Å²) in [5.74, 6) is 0.0717. The summed E-state index contributed by atoms with van der Waals surface area (Å²) in [5, 5.41) is 3.04. The molecule has 2 aromatic rings. The lowest BCUT2D eigenvalue weighted by atomic mass is 10.1. The molecule has 3 heteroatoms. The number of carbonyl (C=O) groups excluding carboxylic acids is 1. The standard InChI is InChI=1S/C21H28N2O/c1-16(2)23(15-19-8-6-5-7-9-19)13-12-21(24)22-20-14-17(3)10-11-18(20)4/h5-11,14,16H,12-13,15H2,1-4H3,(H,22,24). The van der Waals surface area contributed by atoms with E-state index >= 15 is 0 Å². The van der Waals surface area contributed by atoms with Gasteiger partial charge in [0.05, 0.1) is 0 Å². The lowest BCUT2D eigenvalue weighted by Gasteiger charge is -2.26. The van der Waals surface area contributed by atoms with Crippen molar-refractivity contribution in [2.75, 3.05) is 11.9 Å². The van der Waals surface area contributed by atoms with Crippen LogP contribution in [-0.4, -0.2) is 23.4 Å². The van der Waals surface area contributed by atoms with Crippen LogP contribution in [0.1, 0.15) is 37.0 Å². The Balaban J connectivity index is 1.91. The van der Waals surface area contributed by atoms with Gasteiger partial charge in [0.2, 0.25) is 5.91 Å². The molecule has 0 radical (unpaired) electrons. The molecule has 2 aromatic carbocycles. The largest absolute Gasteiger partial charge is 0.326 e. The van der Waals surface area contributed by atoms with Gasteiger partial charge >= 0.3 is 0 Å². The molecule has 0 fully saturated rings. The van der Waals surface area contributed by atoms with E-state index in [2.05, 4.69) is 54.4 Å². The van der Waals surface area contributed by atoms with E-state index in [0.717, 1.165) is 29.9 Å². The first-order valence-electron chi connectivity index (χ1n) is 8.61. The van der Waals surface area contributed by atoms with Gasteiger partial charge in [0.1, 0.15) is 0 Å². The van der Waals surface area contributed by atoms with E-state index in [1.165, 1.54) is 5.56 Å². The summed E-state index contributed by atoms with van der Waals surface area (Å²) >= 11 is 0. The Morgan fingerprint density at radius 2 is 1.79 bits per heavy atom. The molecule has 24 heavy (non-hydrogen) atoms. The van der Waals surface area contributed by atoms with Gasteiger partial charge in [-0.05, 0) is 50.5 Å². The molecule has 0 aromatic heterocycles. The number of amides is 1. The zero-order chi connectivity index (χ0) is 17.5. The topological polar surface area (TPSA) is 32.3 Å². The van der Waals surface area contributed by atoms with E-state index in [0.29, 0.717) is 12.5 Å². The zero-order valence-corrected chi connectivity index (χ0v) is 15.2. The minimum atomic E-state index is 0.0717. The Labute approximate surface area is 145 Å². The highest BCUT2D eigenvalue weighted by Crippen LogP contribution is 2.17. The van der Waals surface area contributed by atoms with Crippen molar-refractivity contribution in [2.24, 2.45) is 0 Å². The smallest absolute Gasteiger partial charge is 0.225 e. The first-order chi connectivity index (χ1) is 11.5. The summed E-state index contributed by atoms with van der Waals surface area (Å²) in [6.07, 6.45) is 0.498. The average molecular weight is 324 g/mol. The molecular formula is C21H28N2O. The second-order valence-corrected chi connectivity index (χ2v) is 6.67. The van der Waals surface area contributed by atoms with Gasteiger partial charge in [-0.25, -0.2) is 0 Å². The van der Waals surface area contributed by atoms with Crippen LogP contribution in [0.2, 0.25) is 0 Å². The summed E-state index contributed by atoms with van der Waals surface area (Å²) in [4.78, 5) is 14.6. The quantitative estimate of drug-likeness (QED) is 0.811. The number of benzene rings is 2. The van der Waals surface area contributed by atoms with Crippen LogP contribution in [0, 0.1) is 13.8 Å². The fourth-order valence-electron chi connectivity index (χ4n) is 2.67. The Morgan fingerprint density at radius 3 is 2.46 bits per heavy atom. The SMILES string of the molecule is Cc1ccc(C)c(NC(=O)CCN(Cc2ccccc2)C(C)C)c1. The molecular weight excluding hydrogens is 296 g/mol. The van der Waals surface area contributed by atoms with Gasteiger partial charge in [-0.1, -0.05) is 42.5 Å². The lowest BCUT2D eigenvalue weighted by molar-refractivity contribution is -0.116. The number of hydrogen-bond acceptors (Lipinski definition) is 2. The van der Waals surface area contributed by atoms with Crippen LogP contribution in [0.25, 0.3) is 0 Å². The average Bonchev–Trinajstić information content (AvgIpc) is 2.55. The summed E-state index contributed by atoms with van der Waals surface area (Å²) in [6, 6.07) is 16.9. The molecule has 0 aliphatic carbocycles. The minimum Gasteiger partial charge on any atom is -0.326 e. The van der Waals surface area contributed by atoms with Crippen molar-refractivity contribution >= 4 is 11.6 Å². The Hall–Kier alpha value is -2.13. The number of nitrogens with one attached hydrogen (secondary N) is 1. The third kappa shape index (κ3) is 5.50. The third-order valence-corrected chi connectivity index (χ3v) is 4.25. The molecule has 0 saturated heterocycles. The Kier molecular flexibility index (Phi) is 6.56. The number of hydrogen-bond donors (Lipinski definition) is 1. The predicted molar refractivity (Wildman–Crippen MR) is 101 cm³/mol. The van der Waals surface area contributed by atoms with E-state index in [4.69, 9.17) is 0 Å². The summed E-state index contributed by atoms with van der Waals surface area (Å²) < 4.78 is 0. The van der Waals surface area contributed by atoms with Crippen molar-refractivity contribution in [3.63, 3.8) is 0 Å². The zero-order valence-electron chi connectivity index (χ0n) is 15.2. The number of carbonyl (C=O) groups is 1. The summed E-state index contributed by atoms with van der Waals surface area (Å²) in [6.45, 7) is 10.0. The molecule has 0 saturated carbocycles. The van der Waals surface area contributed by atoms with E-state index in [9.17, 15) is 4.79 Å². The second-order valence-electron chi connectivity index (χ2n) is 6.67. The maximum atomic E-state index is 12.3. The van der Waals surface area contributed by atoms with Crippen LogP contribution in [-0.2, 0) is 11.3 Å². The molecule has 2 rings (SSSR count). The van der Waals surface area contributed by atoms with Crippen LogP contribution in [0.15, 0.2) is 48.5 Å². The molecule has 0 atom stereocenters. The maximum Gasteiger partial charge on any atom is 0.225 e. The fourth-order valence-corrected chi connectivity index (χ4v) is 2.67. The number of rotatable bonds is 7. The molecule has 1 amide bonds. The molecule has 0 unspecified atom stereocenters. The normalized spacial score (nSPS) is 11.1. The molecule has 0 spiro atoms. The molecule has 3 nitrogen and oxygen atoms in total. The van der Waals surface area contributed by atoms with Gasteiger partial charge in [0.25, 0.3) is 0 Å².